The Kier molecular flexibility index (Phi) is 5.45. The highest BCUT2D eigenvalue weighted by Gasteiger charge is 2.39. The van der Waals surface area contributed by atoms with Gasteiger partial charge in [-0.05, 0) is 43.5 Å². The summed E-state index contributed by atoms with van der Waals surface area (Å²) in [4.78, 5) is 34.5. The van der Waals surface area contributed by atoms with E-state index in [4.69, 9.17) is 0 Å². The van der Waals surface area contributed by atoms with Crippen LogP contribution < -0.4 is 10.9 Å². The van der Waals surface area contributed by atoms with Crippen LogP contribution in [-0.4, -0.2) is 33.9 Å². The van der Waals surface area contributed by atoms with E-state index in [-0.39, 0.29) is 23.6 Å². The molecule has 1 aromatic heterocycles. The Morgan fingerprint density at radius 3 is 2.55 bits per heavy atom. The number of likely N-dealkylation sites (N-methyl/N-ethyl adjacent to an activating group) is 1. The molecule has 150 valence electrons. The summed E-state index contributed by atoms with van der Waals surface area (Å²) in [7, 11) is 0. The molecule has 0 saturated heterocycles. The number of carbonyl (C=O) groups excluding carboxylic acids is 1. The molecule has 6 nitrogen and oxygen atoms in total. The lowest BCUT2D eigenvalue weighted by Gasteiger charge is -2.43. The maximum atomic E-state index is 12.8. The third kappa shape index (κ3) is 4.07. The van der Waals surface area contributed by atoms with Gasteiger partial charge in [0, 0.05) is 0 Å². The van der Waals surface area contributed by atoms with E-state index in [2.05, 4.69) is 27.4 Å². The molecule has 0 radical (unpaired) electrons. The van der Waals surface area contributed by atoms with Crippen molar-refractivity contribution in [2.24, 2.45) is 0 Å². The van der Waals surface area contributed by atoms with E-state index in [1.165, 1.54) is 5.56 Å². The second-order valence-corrected chi connectivity index (χ2v) is 7.68. The molecule has 0 unspecified atom stereocenters. The maximum Gasteiger partial charge on any atom is 0.258 e. The summed E-state index contributed by atoms with van der Waals surface area (Å²) in [6, 6.07) is 17.5. The van der Waals surface area contributed by atoms with Crippen LogP contribution in [0.2, 0.25) is 0 Å². The number of para-hydroxylation sites is 1. The first-order valence-corrected chi connectivity index (χ1v) is 10.2. The van der Waals surface area contributed by atoms with E-state index in [0.717, 1.165) is 19.3 Å². The Morgan fingerprint density at radius 1 is 1.14 bits per heavy atom. The van der Waals surface area contributed by atoms with Crippen molar-refractivity contribution in [2.45, 2.75) is 38.3 Å². The van der Waals surface area contributed by atoms with Crippen LogP contribution in [0.25, 0.3) is 10.9 Å². The molecular weight excluding hydrogens is 364 g/mol. The molecule has 1 saturated carbocycles. The van der Waals surface area contributed by atoms with Gasteiger partial charge >= 0.3 is 0 Å². The second kappa shape index (κ2) is 8.17. The minimum atomic E-state index is -0.243. The topological polar surface area (TPSA) is 78.1 Å². The number of hydrogen-bond acceptors (Lipinski definition) is 4. The highest BCUT2D eigenvalue weighted by Crippen LogP contribution is 2.41. The van der Waals surface area contributed by atoms with E-state index >= 15 is 0 Å². The first-order valence-electron chi connectivity index (χ1n) is 10.2. The molecule has 2 N–H and O–H groups in total. The van der Waals surface area contributed by atoms with Crippen molar-refractivity contribution in [2.75, 3.05) is 13.1 Å². The molecule has 1 amide bonds. The zero-order valence-corrected chi connectivity index (χ0v) is 16.6. The lowest BCUT2D eigenvalue weighted by atomic mass is 9.72. The minimum Gasteiger partial charge on any atom is -0.345 e. The molecule has 0 aliphatic heterocycles. The van der Waals surface area contributed by atoms with Gasteiger partial charge in [0.15, 0.2) is 0 Å². The smallest absolute Gasteiger partial charge is 0.258 e. The number of rotatable bonds is 7. The Morgan fingerprint density at radius 2 is 1.86 bits per heavy atom. The summed E-state index contributed by atoms with van der Waals surface area (Å²) >= 11 is 0. The molecule has 1 aliphatic carbocycles. The molecule has 1 heterocycles. The van der Waals surface area contributed by atoms with Gasteiger partial charge in [-0.15, -0.1) is 0 Å². The van der Waals surface area contributed by atoms with Crippen LogP contribution in [-0.2, 0) is 16.9 Å². The lowest BCUT2D eigenvalue weighted by molar-refractivity contribution is -0.125. The number of carbonyl (C=O) groups is 1. The molecule has 29 heavy (non-hydrogen) atoms. The fraction of sp³-hybridized carbons (Fsp3) is 0.348. The number of nitrogens with zero attached hydrogens (tertiary/aromatic N) is 2. The molecule has 0 spiro atoms. The van der Waals surface area contributed by atoms with Crippen LogP contribution in [0.5, 0.6) is 0 Å². The predicted molar refractivity (Wildman–Crippen MR) is 113 cm³/mol. The van der Waals surface area contributed by atoms with Crippen LogP contribution in [0.3, 0.4) is 0 Å². The van der Waals surface area contributed by atoms with E-state index in [1.807, 2.05) is 48.2 Å². The van der Waals surface area contributed by atoms with Gasteiger partial charge in [-0.1, -0.05) is 49.4 Å². The zero-order chi connectivity index (χ0) is 20.3. The number of benzene rings is 2. The molecule has 2 aromatic carbocycles. The van der Waals surface area contributed by atoms with Crippen molar-refractivity contribution < 1.29 is 4.79 Å². The zero-order valence-electron chi connectivity index (χ0n) is 16.6. The highest BCUT2D eigenvalue weighted by atomic mass is 16.2. The quantitative estimate of drug-likeness (QED) is 0.650. The van der Waals surface area contributed by atoms with Crippen LogP contribution in [0.4, 0.5) is 0 Å². The van der Waals surface area contributed by atoms with Crippen LogP contribution in [0, 0.1) is 0 Å². The number of aromatic amines is 1. The fourth-order valence-corrected chi connectivity index (χ4v) is 3.98. The Balaban J connectivity index is 1.45. The number of nitrogens with one attached hydrogen (secondary N) is 2. The molecule has 3 aromatic rings. The largest absolute Gasteiger partial charge is 0.345 e. The average molecular weight is 390 g/mol. The number of amides is 1. The van der Waals surface area contributed by atoms with Crippen molar-refractivity contribution in [3.63, 3.8) is 0 Å². The van der Waals surface area contributed by atoms with Gasteiger partial charge in [-0.3, -0.25) is 14.5 Å². The van der Waals surface area contributed by atoms with E-state index in [0.29, 0.717) is 29.8 Å². The monoisotopic (exact) mass is 390 g/mol. The Hall–Kier alpha value is -2.99. The molecule has 1 aliphatic rings. The molecule has 0 atom stereocenters. The summed E-state index contributed by atoms with van der Waals surface area (Å²) in [6.07, 6.45) is 3.05. The van der Waals surface area contributed by atoms with E-state index < -0.39 is 0 Å². The summed E-state index contributed by atoms with van der Waals surface area (Å²) in [5, 5.41) is 3.84. The predicted octanol–water partition coefficient (Wildman–Crippen LogP) is 2.94. The summed E-state index contributed by atoms with van der Waals surface area (Å²) < 4.78 is 0. The molecule has 6 heteroatoms. The van der Waals surface area contributed by atoms with Crippen LogP contribution in [0.1, 0.15) is 37.6 Å². The second-order valence-electron chi connectivity index (χ2n) is 7.68. The number of fused-ring (bicyclic) bond motifs is 1. The number of hydrogen-bond donors (Lipinski definition) is 2. The number of H-pyrrole nitrogens is 1. The molecule has 1 fully saturated rings. The minimum absolute atomic E-state index is 0.00135. The van der Waals surface area contributed by atoms with Crippen molar-refractivity contribution in [3.05, 3.63) is 76.3 Å². The van der Waals surface area contributed by atoms with Gasteiger partial charge in [-0.2, -0.15) is 0 Å². The van der Waals surface area contributed by atoms with Gasteiger partial charge in [-0.25, -0.2) is 4.98 Å². The summed E-state index contributed by atoms with van der Waals surface area (Å²) in [6.45, 7) is 3.37. The third-order valence-corrected chi connectivity index (χ3v) is 5.76. The summed E-state index contributed by atoms with van der Waals surface area (Å²) in [5.74, 6) is 0.573. The van der Waals surface area contributed by atoms with Gasteiger partial charge < -0.3 is 10.3 Å². The SMILES string of the molecule is CCN(CC(=O)NC1(c2ccccc2)CCC1)Cc1nc2ccccc2c(=O)[nH]1. The summed E-state index contributed by atoms with van der Waals surface area (Å²) in [5.41, 5.74) is 1.45. The van der Waals surface area contributed by atoms with Crippen LogP contribution in [0.15, 0.2) is 59.4 Å². The van der Waals surface area contributed by atoms with Crippen molar-refractivity contribution in [1.82, 2.24) is 20.2 Å². The van der Waals surface area contributed by atoms with Gasteiger partial charge in [0.1, 0.15) is 5.82 Å². The first-order chi connectivity index (χ1) is 14.1. The third-order valence-electron chi connectivity index (χ3n) is 5.76. The van der Waals surface area contributed by atoms with Crippen LogP contribution >= 0.6 is 0 Å². The average Bonchev–Trinajstić information content (AvgIpc) is 2.71. The van der Waals surface area contributed by atoms with Gasteiger partial charge in [0.2, 0.25) is 5.91 Å². The van der Waals surface area contributed by atoms with Gasteiger partial charge in [0.05, 0.1) is 29.5 Å². The Bertz CT molecular complexity index is 1060. The fourth-order valence-electron chi connectivity index (χ4n) is 3.98. The van der Waals surface area contributed by atoms with E-state index in [9.17, 15) is 9.59 Å². The normalized spacial score (nSPS) is 15.2. The van der Waals surface area contributed by atoms with Gasteiger partial charge in [0.25, 0.3) is 5.56 Å². The first kappa shape index (κ1) is 19.3. The Labute approximate surface area is 170 Å². The standard InChI is InChI=1S/C23H26N4O2/c1-2-27(15-20-24-19-12-7-6-11-18(19)22(29)25-20)16-21(28)26-23(13-8-14-23)17-9-4-3-5-10-17/h3-7,9-12H,2,8,13-16H2,1H3,(H,26,28)(H,24,25,29). The number of aromatic nitrogens is 2. The lowest BCUT2D eigenvalue weighted by Crippen LogP contribution is -2.53. The van der Waals surface area contributed by atoms with Crippen molar-refractivity contribution in [1.29, 1.82) is 0 Å². The molecular formula is C23H26N4O2. The van der Waals surface area contributed by atoms with E-state index in [1.54, 1.807) is 6.07 Å². The maximum absolute atomic E-state index is 12.8. The van der Waals surface area contributed by atoms with Crippen molar-refractivity contribution in [3.8, 4) is 0 Å². The molecule has 4 rings (SSSR count). The van der Waals surface area contributed by atoms with Crippen molar-refractivity contribution >= 4 is 16.8 Å². The molecule has 0 bridgehead atoms. The highest BCUT2D eigenvalue weighted by molar-refractivity contribution is 5.79.